The third kappa shape index (κ3) is 2.15. The van der Waals surface area contributed by atoms with Crippen molar-refractivity contribution < 1.29 is 9.53 Å². The molecule has 2 saturated heterocycles. The van der Waals surface area contributed by atoms with Crippen LogP contribution in [-0.4, -0.2) is 25.2 Å². The van der Waals surface area contributed by atoms with Crippen LogP contribution in [0.5, 0.6) is 0 Å². The zero-order valence-electron chi connectivity index (χ0n) is 10.7. The first kappa shape index (κ1) is 11.7. The maximum Gasteiger partial charge on any atom is 0.337 e. The average Bonchev–Trinajstić information content (AvgIpc) is 2.77. The number of carbonyl (C=O) groups excluding carboxylic acids is 1. The fourth-order valence-electron chi connectivity index (χ4n) is 3.34. The zero-order chi connectivity index (χ0) is 12.5. The van der Waals surface area contributed by atoms with Gasteiger partial charge in [0.15, 0.2) is 0 Å². The number of esters is 1. The van der Waals surface area contributed by atoms with E-state index in [4.69, 9.17) is 4.74 Å². The summed E-state index contributed by atoms with van der Waals surface area (Å²) in [5, 5.41) is 3.65. The molecule has 18 heavy (non-hydrogen) atoms. The number of carbonyl (C=O) groups is 1. The molecule has 3 rings (SSSR count). The number of nitrogens with one attached hydrogen (secondary N) is 1. The van der Waals surface area contributed by atoms with E-state index in [0.29, 0.717) is 23.6 Å². The Hall–Kier alpha value is -1.35. The topological polar surface area (TPSA) is 38.3 Å². The molecule has 2 unspecified atom stereocenters. The monoisotopic (exact) mass is 245 g/mol. The first-order valence-corrected chi connectivity index (χ1v) is 6.70. The largest absolute Gasteiger partial charge is 0.465 e. The number of methoxy groups -OCH3 is 1. The average molecular weight is 245 g/mol. The van der Waals surface area contributed by atoms with Gasteiger partial charge >= 0.3 is 5.97 Å². The molecule has 3 nitrogen and oxygen atoms in total. The molecule has 3 heteroatoms. The van der Waals surface area contributed by atoms with Gasteiger partial charge in [-0.2, -0.15) is 0 Å². The van der Waals surface area contributed by atoms with Crippen molar-refractivity contribution in [3.63, 3.8) is 0 Å². The summed E-state index contributed by atoms with van der Waals surface area (Å²) in [7, 11) is 1.42. The summed E-state index contributed by atoms with van der Waals surface area (Å²) < 4.78 is 4.72. The Morgan fingerprint density at radius 1 is 1.17 bits per heavy atom. The van der Waals surface area contributed by atoms with Gasteiger partial charge in [-0.05, 0) is 49.3 Å². The van der Waals surface area contributed by atoms with Crippen LogP contribution in [0.2, 0.25) is 0 Å². The summed E-state index contributed by atoms with van der Waals surface area (Å²) in [4.78, 5) is 11.4. The first-order chi connectivity index (χ1) is 8.76. The molecule has 2 atom stereocenters. The molecule has 1 aromatic carbocycles. The number of ether oxygens (including phenoxy) is 1. The molecule has 2 heterocycles. The Morgan fingerprint density at radius 2 is 1.78 bits per heavy atom. The second kappa shape index (κ2) is 4.73. The lowest BCUT2D eigenvalue weighted by atomic mass is 9.86. The quantitative estimate of drug-likeness (QED) is 0.813. The van der Waals surface area contributed by atoms with E-state index in [9.17, 15) is 4.79 Å². The van der Waals surface area contributed by atoms with Gasteiger partial charge in [0.2, 0.25) is 0 Å². The highest BCUT2D eigenvalue weighted by Gasteiger charge is 2.33. The summed E-state index contributed by atoms with van der Waals surface area (Å²) in [6.45, 7) is 0. The van der Waals surface area contributed by atoms with Crippen LogP contribution < -0.4 is 5.32 Å². The van der Waals surface area contributed by atoms with Gasteiger partial charge in [0.05, 0.1) is 12.7 Å². The highest BCUT2D eigenvalue weighted by molar-refractivity contribution is 5.89. The van der Waals surface area contributed by atoms with Crippen LogP contribution in [0.4, 0.5) is 0 Å². The molecular formula is C15H19NO2. The lowest BCUT2D eigenvalue weighted by Crippen LogP contribution is -2.37. The lowest BCUT2D eigenvalue weighted by Gasteiger charge is -2.29. The van der Waals surface area contributed by atoms with E-state index < -0.39 is 0 Å². The third-order valence-electron chi connectivity index (χ3n) is 4.28. The number of hydrogen-bond donors (Lipinski definition) is 1. The molecule has 2 aliphatic rings. The van der Waals surface area contributed by atoms with Gasteiger partial charge in [-0.1, -0.05) is 12.1 Å². The molecule has 0 radical (unpaired) electrons. The van der Waals surface area contributed by atoms with E-state index in [1.165, 1.54) is 38.4 Å². The van der Waals surface area contributed by atoms with E-state index in [1.54, 1.807) is 0 Å². The van der Waals surface area contributed by atoms with E-state index in [0.717, 1.165) is 0 Å². The number of piperidine rings is 1. The van der Waals surface area contributed by atoms with Gasteiger partial charge in [-0.25, -0.2) is 4.79 Å². The van der Waals surface area contributed by atoms with Gasteiger partial charge in [0.25, 0.3) is 0 Å². The number of rotatable bonds is 2. The fraction of sp³-hybridized carbons (Fsp3) is 0.533. The van der Waals surface area contributed by atoms with Crippen LogP contribution in [0, 0.1) is 0 Å². The van der Waals surface area contributed by atoms with Crippen LogP contribution in [0.1, 0.15) is 47.5 Å². The number of hydrogen-bond acceptors (Lipinski definition) is 3. The number of fused-ring (bicyclic) bond motifs is 2. The standard InChI is InChI=1S/C15H19NO2/c1-18-15(17)11-4-2-10(3-5-11)12-8-13-6-7-14(9-12)16-13/h2-5,12-14,16H,6-9H2,1H3. The van der Waals surface area contributed by atoms with Crippen molar-refractivity contribution >= 4 is 5.97 Å². The fourth-order valence-corrected chi connectivity index (χ4v) is 3.34. The molecule has 2 aliphatic heterocycles. The molecule has 0 aliphatic carbocycles. The minimum absolute atomic E-state index is 0.257. The molecule has 0 amide bonds. The van der Waals surface area contributed by atoms with Gasteiger partial charge in [-0.15, -0.1) is 0 Å². The van der Waals surface area contributed by atoms with Gasteiger partial charge in [0.1, 0.15) is 0 Å². The summed E-state index contributed by atoms with van der Waals surface area (Å²) in [5.74, 6) is 0.391. The normalized spacial score (nSPS) is 30.2. The molecule has 0 spiro atoms. The van der Waals surface area contributed by atoms with Crippen LogP contribution in [0.15, 0.2) is 24.3 Å². The van der Waals surface area contributed by atoms with Crippen molar-refractivity contribution in [2.75, 3.05) is 7.11 Å². The Bertz CT molecular complexity index is 428. The molecule has 96 valence electrons. The predicted octanol–water partition coefficient (Wildman–Crippen LogP) is 2.47. The number of benzene rings is 1. The van der Waals surface area contributed by atoms with E-state index in [-0.39, 0.29) is 5.97 Å². The zero-order valence-corrected chi connectivity index (χ0v) is 10.7. The van der Waals surface area contributed by atoms with E-state index in [1.807, 2.05) is 12.1 Å². The third-order valence-corrected chi connectivity index (χ3v) is 4.28. The highest BCUT2D eigenvalue weighted by atomic mass is 16.5. The minimum atomic E-state index is -0.257. The molecular weight excluding hydrogens is 226 g/mol. The molecule has 1 N–H and O–H groups in total. The molecule has 1 aromatic rings. The van der Waals surface area contributed by atoms with Crippen LogP contribution >= 0.6 is 0 Å². The van der Waals surface area contributed by atoms with Crippen molar-refractivity contribution in [1.82, 2.24) is 5.32 Å². The minimum Gasteiger partial charge on any atom is -0.465 e. The first-order valence-electron chi connectivity index (χ1n) is 6.70. The molecule has 0 aromatic heterocycles. The smallest absolute Gasteiger partial charge is 0.337 e. The van der Waals surface area contributed by atoms with Crippen molar-refractivity contribution in [2.45, 2.75) is 43.7 Å². The maximum atomic E-state index is 11.4. The lowest BCUT2D eigenvalue weighted by molar-refractivity contribution is 0.0600. The Kier molecular flexibility index (Phi) is 3.08. The summed E-state index contributed by atoms with van der Waals surface area (Å²) in [6, 6.07) is 9.34. The van der Waals surface area contributed by atoms with Crippen LogP contribution in [0.25, 0.3) is 0 Å². The maximum absolute atomic E-state index is 11.4. The van der Waals surface area contributed by atoms with Crippen LogP contribution in [-0.2, 0) is 4.74 Å². The summed E-state index contributed by atoms with van der Waals surface area (Å²) in [6.07, 6.45) is 5.10. The van der Waals surface area contributed by atoms with E-state index in [2.05, 4.69) is 17.4 Å². The summed E-state index contributed by atoms with van der Waals surface area (Å²) >= 11 is 0. The SMILES string of the molecule is COC(=O)c1ccc(C2CC3CCC(C2)N3)cc1. The molecule has 2 fully saturated rings. The Morgan fingerprint density at radius 3 is 2.33 bits per heavy atom. The molecule has 0 saturated carbocycles. The van der Waals surface area contributed by atoms with Crippen molar-refractivity contribution in [1.29, 1.82) is 0 Å². The van der Waals surface area contributed by atoms with Crippen molar-refractivity contribution in [2.24, 2.45) is 0 Å². The molecule has 2 bridgehead atoms. The Labute approximate surface area is 108 Å². The van der Waals surface area contributed by atoms with Gasteiger partial charge in [0, 0.05) is 12.1 Å². The van der Waals surface area contributed by atoms with Crippen molar-refractivity contribution in [3.05, 3.63) is 35.4 Å². The van der Waals surface area contributed by atoms with Crippen LogP contribution in [0.3, 0.4) is 0 Å². The predicted molar refractivity (Wildman–Crippen MR) is 69.7 cm³/mol. The van der Waals surface area contributed by atoms with Crippen molar-refractivity contribution in [3.8, 4) is 0 Å². The summed E-state index contributed by atoms with van der Waals surface area (Å²) in [5.41, 5.74) is 2.00. The van der Waals surface area contributed by atoms with E-state index >= 15 is 0 Å². The highest BCUT2D eigenvalue weighted by Crippen LogP contribution is 2.37. The second-order valence-corrected chi connectivity index (χ2v) is 5.42. The van der Waals surface area contributed by atoms with Gasteiger partial charge in [-0.3, -0.25) is 0 Å². The second-order valence-electron chi connectivity index (χ2n) is 5.42. The Balaban J connectivity index is 1.75. The van der Waals surface area contributed by atoms with Gasteiger partial charge < -0.3 is 10.1 Å².